The van der Waals surface area contributed by atoms with Gasteiger partial charge in [-0.3, -0.25) is 10.1 Å². The van der Waals surface area contributed by atoms with Gasteiger partial charge in [-0.25, -0.2) is 0 Å². The number of rotatable bonds is 5. The first kappa shape index (κ1) is 16.2. The molecule has 23 heavy (non-hydrogen) atoms. The quantitative estimate of drug-likeness (QED) is 0.661. The van der Waals surface area contributed by atoms with Crippen molar-refractivity contribution in [2.45, 2.75) is 11.3 Å². The minimum absolute atomic E-state index is 0.164. The fourth-order valence-corrected chi connectivity index (χ4v) is 3.90. The standard InChI is InChI=1S/C15H18N4O2S2/c1-2-22-15-18-17-14(23-15)16-13(20)11-3-5-12(6-4-11)19-7-9-21-10-8-19/h3-6H,2,7-10H2,1H3,(H,16,17,20). The fraction of sp³-hybridized carbons (Fsp3) is 0.400. The summed E-state index contributed by atoms with van der Waals surface area (Å²) < 4.78 is 6.22. The van der Waals surface area contributed by atoms with E-state index in [4.69, 9.17) is 4.74 Å². The molecular formula is C15H18N4O2S2. The van der Waals surface area contributed by atoms with Gasteiger partial charge in [0.05, 0.1) is 13.2 Å². The number of benzene rings is 1. The molecular weight excluding hydrogens is 332 g/mol. The largest absolute Gasteiger partial charge is 0.378 e. The molecule has 1 amide bonds. The third kappa shape index (κ3) is 4.21. The summed E-state index contributed by atoms with van der Waals surface area (Å²) in [4.78, 5) is 14.5. The first-order chi connectivity index (χ1) is 11.3. The molecule has 0 atom stereocenters. The molecule has 1 aromatic heterocycles. The minimum Gasteiger partial charge on any atom is -0.378 e. The lowest BCUT2D eigenvalue weighted by atomic mass is 10.2. The van der Waals surface area contributed by atoms with Crippen molar-refractivity contribution in [3.05, 3.63) is 29.8 Å². The summed E-state index contributed by atoms with van der Waals surface area (Å²) in [6.07, 6.45) is 0. The Kier molecular flexibility index (Phi) is 5.47. The Morgan fingerprint density at radius 1 is 1.30 bits per heavy atom. The molecule has 1 aliphatic heterocycles. The number of aromatic nitrogens is 2. The third-order valence-corrected chi connectivity index (χ3v) is 5.25. The van der Waals surface area contributed by atoms with Gasteiger partial charge in [0, 0.05) is 24.3 Å². The molecule has 6 nitrogen and oxygen atoms in total. The highest BCUT2D eigenvalue weighted by Gasteiger charge is 2.13. The molecule has 2 aromatic rings. The highest BCUT2D eigenvalue weighted by atomic mass is 32.2. The number of ether oxygens (including phenoxy) is 1. The van der Waals surface area contributed by atoms with Crippen LogP contribution in [0.2, 0.25) is 0 Å². The summed E-state index contributed by atoms with van der Waals surface area (Å²) in [6, 6.07) is 7.61. The topological polar surface area (TPSA) is 67.4 Å². The second kappa shape index (κ2) is 7.76. The molecule has 3 rings (SSSR count). The van der Waals surface area contributed by atoms with Gasteiger partial charge < -0.3 is 9.64 Å². The molecule has 1 aliphatic rings. The van der Waals surface area contributed by atoms with Crippen LogP contribution in [0.4, 0.5) is 10.8 Å². The maximum absolute atomic E-state index is 12.3. The molecule has 1 fully saturated rings. The Morgan fingerprint density at radius 3 is 2.74 bits per heavy atom. The second-order valence-corrected chi connectivity index (χ2v) is 7.40. The number of anilines is 2. The normalized spacial score (nSPS) is 14.7. The van der Waals surface area contributed by atoms with Crippen molar-refractivity contribution in [2.24, 2.45) is 0 Å². The van der Waals surface area contributed by atoms with Gasteiger partial charge in [-0.2, -0.15) is 0 Å². The van der Waals surface area contributed by atoms with E-state index in [1.54, 1.807) is 11.8 Å². The lowest BCUT2D eigenvalue weighted by Gasteiger charge is -2.28. The average Bonchev–Trinajstić information content (AvgIpc) is 3.03. The van der Waals surface area contributed by atoms with Crippen molar-refractivity contribution in [2.75, 3.05) is 42.3 Å². The monoisotopic (exact) mass is 350 g/mol. The Balaban J connectivity index is 1.62. The molecule has 1 saturated heterocycles. The van der Waals surface area contributed by atoms with Crippen LogP contribution in [0.25, 0.3) is 0 Å². The van der Waals surface area contributed by atoms with E-state index in [1.807, 2.05) is 24.3 Å². The summed E-state index contributed by atoms with van der Waals surface area (Å²) in [7, 11) is 0. The van der Waals surface area contributed by atoms with Crippen molar-refractivity contribution in [3.63, 3.8) is 0 Å². The predicted molar refractivity (Wildman–Crippen MR) is 93.7 cm³/mol. The molecule has 0 radical (unpaired) electrons. The number of thioether (sulfide) groups is 1. The number of carbonyl (C=O) groups is 1. The second-order valence-electron chi connectivity index (χ2n) is 4.91. The minimum atomic E-state index is -0.164. The van der Waals surface area contributed by atoms with Crippen LogP contribution in [0.3, 0.4) is 0 Å². The van der Waals surface area contributed by atoms with E-state index in [1.165, 1.54) is 11.3 Å². The van der Waals surface area contributed by atoms with E-state index in [9.17, 15) is 4.79 Å². The van der Waals surface area contributed by atoms with Crippen molar-refractivity contribution in [1.82, 2.24) is 10.2 Å². The molecule has 1 aromatic carbocycles. The number of carbonyl (C=O) groups excluding carboxylic acids is 1. The van der Waals surface area contributed by atoms with Crippen molar-refractivity contribution in [1.29, 1.82) is 0 Å². The lowest BCUT2D eigenvalue weighted by molar-refractivity contribution is 0.102. The van der Waals surface area contributed by atoms with E-state index >= 15 is 0 Å². The molecule has 8 heteroatoms. The number of hydrogen-bond acceptors (Lipinski definition) is 7. The Hall–Kier alpha value is -1.64. The van der Waals surface area contributed by atoms with E-state index in [0.29, 0.717) is 10.7 Å². The van der Waals surface area contributed by atoms with Crippen molar-refractivity contribution >= 4 is 39.8 Å². The van der Waals surface area contributed by atoms with Crippen LogP contribution in [0.15, 0.2) is 28.6 Å². The predicted octanol–water partition coefficient (Wildman–Crippen LogP) is 2.74. The van der Waals surface area contributed by atoms with E-state index < -0.39 is 0 Å². The van der Waals surface area contributed by atoms with E-state index in [-0.39, 0.29) is 5.91 Å². The number of hydrogen-bond donors (Lipinski definition) is 1. The third-order valence-electron chi connectivity index (χ3n) is 3.40. The van der Waals surface area contributed by atoms with Gasteiger partial charge in [-0.1, -0.05) is 30.0 Å². The van der Waals surface area contributed by atoms with Crippen LogP contribution in [0.5, 0.6) is 0 Å². The van der Waals surface area contributed by atoms with Gasteiger partial charge >= 0.3 is 0 Å². The van der Waals surface area contributed by atoms with Crippen LogP contribution in [-0.2, 0) is 4.74 Å². The molecule has 0 spiro atoms. The van der Waals surface area contributed by atoms with E-state index in [0.717, 1.165) is 42.1 Å². The van der Waals surface area contributed by atoms with Gasteiger partial charge in [-0.05, 0) is 30.0 Å². The molecule has 0 saturated carbocycles. The van der Waals surface area contributed by atoms with Crippen LogP contribution < -0.4 is 10.2 Å². The summed E-state index contributed by atoms with van der Waals surface area (Å²) in [5.41, 5.74) is 1.73. The van der Waals surface area contributed by atoms with Crippen molar-refractivity contribution < 1.29 is 9.53 Å². The van der Waals surface area contributed by atoms with Crippen LogP contribution in [0.1, 0.15) is 17.3 Å². The Bertz CT molecular complexity index is 654. The highest BCUT2D eigenvalue weighted by Crippen LogP contribution is 2.25. The smallest absolute Gasteiger partial charge is 0.257 e. The Morgan fingerprint density at radius 2 is 2.04 bits per heavy atom. The zero-order valence-electron chi connectivity index (χ0n) is 12.8. The molecule has 0 aliphatic carbocycles. The summed E-state index contributed by atoms with van der Waals surface area (Å²) in [6.45, 7) is 5.32. The summed E-state index contributed by atoms with van der Waals surface area (Å²) >= 11 is 3.01. The molecule has 0 unspecified atom stereocenters. The number of nitrogens with one attached hydrogen (secondary N) is 1. The number of morpholine rings is 1. The first-order valence-corrected chi connectivity index (χ1v) is 9.27. The summed E-state index contributed by atoms with van der Waals surface area (Å²) in [5, 5.41) is 11.3. The maximum atomic E-state index is 12.3. The zero-order chi connectivity index (χ0) is 16.1. The fourth-order valence-electron chi connectivity index (χ4n) is 2.26. The summed E-state index contributed by atoms with van der Waals surface area (Å²) in [5.74, 6) is 0.772. The van der Waals surface area contributed by atoms with E-state index in [2.05, 4.69) is 27.3 Å². The van der Waals surface area contributed by atoms with Gasteiger partial charge in [0.1, 0.15) is 0 Å². The highest BCUT2D eigenvalue weighted by molar-refractivity contribution is 8.01. The van der Waals surface area contributed by atoms with Gasteiger partial charge in [0.2, 0.25) is 5.13 Å². The zero-order valence-corrected chi connectivity index (χ0v) is 14.5. The number of nitrogens with zero attached hydrogens (tertiary/aromatic N) is 3. The van der Waals surface area contributed by atoms with Gasteiger partial charge in [0.15, 0.2) is 4.34 Å². The number of amides is 1. The van der Waals surface area contributed by atoms with Crippen LogP contribution in [-0.4, -0.2) is 48.2 Å². The van der Waals surface area contributed by atoms with Crippen LogP contribution in [0, 0.1) is 0 Å². The Labute approximate surface area is 143 Å². The molecule has 0 bridgehead atoms. The average molecular weight is 350 g/mol. The first-order valence-electron chi connectivity index (χ1n) is 7.46. The van der Waals surface area contributed by atoms with Gasteiger partial charge in [0.25, 0.3) is 5.91 Å². The van der Waals surface area contributed by atoms with Crippen molar-refractivity contribution in [3.8, 4) is 0 Å². The van der Waals surface area contributed by atoms with Gasteiger partial charge in [-0.15, -0.1) is 10.2 Å². The molecule has 122 valence electrons. The lowest BCUT2D eigenvalue weighted by Crippen LogP contribution is -2.36. The molecule has 1 N–H and O–H groups in total. The molecule has 2 heterocycles. The SMILES string of the molecule is CCSc1nnc(NC(=O)c2ccc(N3CCOCC3)cc2)s1. The van der Waals surface area contributed by atoms with Crippen LogP contribution >= 0.6 is 23.1 Å². The maximum Gasteiger partial charge on any atom is 0.257 e.